The Hall–Kier alpha value is -2.04. The van der Waals surface area contributed by atoms with E-state index in [2.05, 4.69) is 5.32 Å². The van der Waals surface area contributed by atoms with Gasteiger partial charge in [-0.05, 0) is 56.0 Å². The number of hydrogen-bond donors (Lipinski definition) is 1. The average molecular weight is 435 g/mol. The van der Waals surface area contributed by atoms with E-state index < -0.39 is 6.04 Å². The first-order valence-corrected chi connectivity index (χ1v) is 10.6. The van der Waals surface area contributed by atoms with Crippen molar-refractivity contribution in [2.75, 3.05) is 6.54 Å². The van der Waals surface area contributed by atoms with Crippen LogP contribution < -0.4 is 5.32 Å². The van der Waals surface area contributed by atoms with E-state index in [0.717, 1.165) is 17.5 Å². The topological polar surface area (TPSA) is 49.4 Å². The fourth-order valence-corrected chi connectivity index (χ4v) is 3.54. The van der Waals surface area contributed by atoms with Crippen molar-refractivity contribution in [2.24, 2.45) is 0 Å². The Balaban J connectivity index is 2.30. The lowest BCUT2D eigenvalue weighted by Gasteiger charge is -2.29. The molecule has 0 saturated carbocycles. The standard InChI is InChI=1S/C23H28Cl2N2O2/c1-5-11-26-23(29)17(4)27(14-19-20(24)7-6-8-21(19)25)22(28)13-18-10-9-15(2)16(3)12-18/h6-10,12,17H,5,11,13-14H2,1-4H3,(H,26,29). The molecule has 0 spiro atoms. The summed E-state index contributed by atoms with van der Waals surface area (Å²) < 4.78 is 0. The number of nitrogens with one attached hydrogen (secondary N) is 1. The van der Waals surface area contributed by atoms with E-state index in [-0.39, 0.29) is 24.8 Å². The summed E-state index contributed by atoms with van der Waals surface area (Å²) in [7, 11) is 0. The number of aryl methyl sites for hydroxylation is 2. The Bertz CT molecular complexity index is 863. The van der Waals surface area contributed by atoms with Gasteiger partial charge in [0, 0.05) is 28.7 Å². The molecule has 29 heavy (non-hydrogen) atoms. The smallest absolute Gasteiger partial charge is 0.242 e. The van der Waals surface area contributed by atoms with Crippen LogP contribution in [0.25, 0.3) is 0 Å². The summed E-state index contributed by atoms with van der Waals surface area (Å²) in [5, 5.41) is 3.81. The van der Waals surface area contributed by atoms with Crippen molar-refractivity contribution in [1.29, 1.82) is 0 Å². The molecule has 0 heterocycles. The molecule has 0 saturated heterocycles. The van der Waals surface area contributed by atoms with Gasteiger partial charge >= 0.3 is 0 Å². The van der Waals surface area contributed by atoms with Gasteiger partial charge in [0.05, 0.1) is 6.42 Å². The third kappa shape index (κ3) is 6.22. The zero-order valence-electron chi connectivity index (χ0n) is 17.4. The molecule has 6 heteroatoms. The largest absolute Gasteiger partial charge is 0.354 e. The highest BCUT2D eigenvalue weighted by Gasteiger charge is 2.27. The number of hydrogen-bond acceptors (Lipinski definition) is 2. The van der Waals surface area contributed by atoms with E-state index in [1.807, 2.05) is 39.0 Å². The van der Waals surface area contributed by atoms with Crippen LogP contribution in [0.1, 0.15) is 42.5 Å². The maximum Gasteiger partial charge on any atom is 0.242 e. The van der Waals surface area contributed by atoms with E-state index in [0.29, 0.717) is 22.2 Å². The minimum Gasteiger partial charge on any atom is -0.354 e. The van der Waals surface area contributed by atoms with Gasteiger partial charge in [0.2, 0.25) is 11.8 Å². The van der Waals surface area contributed by atoms with Gasteiger partial charge in [0.25, 0.3) is 0 Å². The Morgan fingerprint density at radius 3 is 2.31 bits per heavy atom. The molecular formula is C23H28Cl2N2O2. The van der Waals surface area contributed by atoms with Crippen LogP contribution in [0.5, 0.6) is 0 Å². The molecule has 1 unspecified atom stereocenters. The van der Waals surface area contributed by atoms with Gasteiger partial charge in [-0.15, -0.1) is 0 Å². The molecule has 2 aromatic carbocycles. The lowest BCUT2D eigenvalue weighted by molar-refractivity contribution is -0.140. The molecule has 156 valence electrons. The van der Waals surface area contributed by atoms with E-state index in [1.165, 1.54) is 5.56 Å². The van der Waals surface area contributed by atoms with Gasteiger partial charge in [-0.25, -0.2) is 0 Å². The van der Waals surface area contributed by atoms with E-state index >= 15 is 0 Å². The molecule has 0 aliphatic carbocycles. The quantitative estimate of drug-likeness (QED) is 0.628. The molecule has 0 radical (unpaired) electrons. The van der Waals surface area contributed by atoms with Crippen LogP contribution in [0, 0.1) is 13.8 Å². The Morgan fingerprint density at radius 1 is 1.07 bits per heavy atom. The van der Waals surface area contributed by atoms with Crippen LogP contribution >= 0.6 is 23.2 Å². The van der Waals surface area contributed by atoms with Gasteiger partial charge in [-0.1, -0.05) is 54.4 Å². The summed E-state index contributed by atoms with van der Waals surface area (Å²) in [4.78, 5) is 27.4. The predicted octanol–water partition coefficient (Wildman–Crippen LogP) is 5.10. The Morgan fingerprint density at radius 2 is 1.72 bits per heavy atom. The normalized spacial score (nSPS) is 11.8. The van der Waals surface area contributed by atoms with Gasteiger partial charge < -0.3 is 10.2 Å². The average Bonchev–Trinajstić information content (AvgIpc) is 2.68. The fourth-order valence-electron chi connectivity index (χ4n) is 3.02. The first-order valence-electron chi connectivity index (χ1n) is 9.80. The maximum absolute atomic E-state index is 13.2. The van der Waals surface area contributed by atoms with E-state index in [9.17, 15) is 9.59 Å². The third-order valence-electron chi connectivity index (χ3n) is 5.03. The molecule has 0 bridgehead atoms. The van der Waals surface area contributed by atoms with Crippen LogP contribution in [-0.4, -0.2) is 29.3 Å². The molecule has 0 aliphatic heterocycles. The SMILES string of the molecule is CCCNC(=O)C(C)N(Cc1c(Cl)cccc1Cl)C(=O)Cc1ccc(C)c(C)c1. The monoisotopic (exact) mass is 434 g/mol. The van der Waals surface area contributed by atoms with Crippen molar-refractivity contribution < 1.29 is 9.59 Å². The summed E-state index contributed by atoms with van der Waals surface area (Å²) in [5.41, 5.74) is 3.85. The molecule has 0 fully saturated rings. The first-order chi connectivity index (χ1) is 13.7. The molecule has 2 amide bonds. The number of carbonyl (C=O) groups excluding carboxylic acids is 2. The summed E-state index contributed by atoms with van der Waals surface area (Å²) in [6, 6.07) is 10.5. The van der Waals surface area contributed by atoms with Crippen molar-refractivity contribution in [2.45, 2.75) is 53.1 Å². The predicted molar refractivity (Wildman–Crippen MR) is 119 cm³/mol. The molecule has 1 atom stereocenters. The van der Waals surface area contributed by atoms with Crippen molar-refractivity contribution >= 4 is 35.0 Å². The Kier molecular flexibility index (Phi) is 8.54. The Labute approximate surface area is 183 Å². The number of nitrogens with zero attached hydrogens (tertiary/aromatic N) is 1. The lowest BCUT2D eigenvalue weighted by atomic mass is 10.0. The number of halogens is 2. The third-order valence-corrected chi connectivity index (χ3v) is 5.74. The van der Waals surface area contributed by atoms with E-state index in [4.69, 9.17) is 23.2 Å². The van der Waals surface area contributed by atoms with Crippen LogP contribution in [0.15, 0.2) is 36.4 Å². The molecule has 0 aromatic heterocycles. The number of amides is 2. The fraction of sp³-hybridized carbons (Fsp3) is 0.391. The highest BCUT2D eigenvalue weighted by Crippen LogP contribution is 2.27. The van der Waals surface area contributed by atoms with Crippen molar-refractivity contribution in [3.05, 3.63) is 68.7 Å². The number of benzene rings is 2. The van der Waals surface area contributed by atoms with Crippen molar-refractivity contribution in [1.82, 2.24) is 10.2 Å². The van der Waals surface area contributed by atoms with Crippen LogP contribution in [0.2, 0.25) is 10.0 Å². The zero-order valence-corrected chi connectivity index (χ0v) is 18.9. The molecule has 1 N–H and O–H groups in total. The van der Waals surface area contributed by atoms with Crippen LogP contribution in [-0.2, 0) is 22.6 Å². The molecule has 2 aromatic rings. The molecular weight excluding hydrogens is 407 g/mol. The second-order valence-corrected chi connectivity index (χ2v) is 8.10. The van der Waals surface area contributed by atoms with E-state index in [1.54, 1.807) is 30.0 Å². The highest BCUT2D eigenvalue weighted by molar-refractivity contribution is 6.36. The van der Waals surface area contributed by atoms with Gasteiger partial charge in [0.1, 0.15) is 6.04 Å². The maximum atomic E-state index is 13.2. The van der Waals surface area contributed by atoms with Gasteiger partial charge in [0.15, 0.2) is 0 Å². The lowest BCUT2D eigenvalue weighted by Crippen LogP contribution is -2.48. The first kappa shape index (κ1) is 23.2. The minimum absolute atomic E-state index is 0.150. The second kappa shape index (κ2) is 10.7. The van der Waals surface area contributed by atoms with Crippen molar-refractivity contribution in [3.63, 3.8) is 0 Å². The summed E-state index contributed by atoms with van der Waals surface area (Å²) in [6.45, 7) is 8.50. The van der Waals surface area contributed by atoms with Gasteiger partial charge in [-0.3, -0.25) is 9.59 Å². The number of carbonyl (C=O) groups is 2. The minimum atomic E-state index is -0.645. The molecule has 0 aliphatic rings. The summed E-state index contributed by atoms with van der Waals surface area (Å²) in [5.74, 6) is -0.341. The number of rotatable bonds is 8. The van der Waals surface area contributed by atoms with Gasteiger partial charge in [-0.2, -0.15) is 0 Å². The second-order valence-electron chi connectivity index (χ2n) is 7.28. The summed E-state index contributed by atoms with van der Waals surface area (Å²) in [6.07, 6.45) is 1.03. The molecule has 4 nitrogen and oxygen atoms in total. The highest BCUT2D eigenvalue weighted by atomic mass is 35.5. The molecule has 2 rings (SSSR count). The van der Waals surface area contributed by atoms with Crippen LogP contribution in [0.4, 0.5) is 0 Å². The van der Waals surface area contributed by atoms with Crippen LogP contribution in [0.3, 0.4) is 0 Å². The summed E-state index contributed by atoms with van der Waals surface area (Å²) >= 11 is 12.6. The zero-order chi connectivity index (χ0) is 21.6. The van der Waals surface area contributed by atoms with Crippen molar-refractivity contribution in [3.8, 4) is 0 Å².